The Morgan fingerprint density at radius 3 is 2.33 bits per heavy atom. The van der Waals surface area contributed by atoms with Gasteiger partial charge in [-0.1, -0.05) is 17.7 Å². The maximum atomic E-state index is 10.7. The second-order valence-corrected chi connectivity index (χ2v) is 3.88. The van der Waals surface area contributed by atoms with Gasteiger partial charge in [0.15, 0.2) is 5.92 Å². The maximum absolute atomic E-state index is 10.7. The van der Waals surface area contributed by atoms with Gasteiger partial charge in [0.25, 0.3) is 5.69 Å². The van der Waals surface area contributed by atoms with Gasteiger partial charge >= 0.3 is 11.9 Å². The zero-order chi connectivity index (χ0) is 13.9. The number of carbonyl (C=O) groups is 2. The summed E-state index contributed by atoms with van der Waals surface area (Å²) in [6.07, 6.45) is -0.345. The van der Waals surface area contributed by atoms with Crippen LogP contribution < -0.4 is 0 Å². The molecule has 96 valence electrons. The molecule has 0 aliphatic rings. The molecule has 2 N–H and O–H groups in total. The number of carboxylic acids is 2. The quantitative estimate of drug-likeness (QED) is 0.478. The van der Waals surface area contributed by atoms with E-state index in [1.807, 2.05) is 0 Å². The van der Waals surface area contributed by atoms with E-state index in [-0.39, 0.29) is 22.7 Å². The second-order valence-electron chi connectivity index (χ2n) is 3.48. The zero-order valence-electron chi connectivity index (χ0n) is 8.87. The lowest BCUT2D eigenvalue weighted by Crippen LogP contribution is -2.25. The van der Waals surface area contributed by atoms with Crippen LogP contribution in [0.3, 0.4) is 0 Å². The van der Waals surface area contributed by atoms with Crippen molar-refractivity contribution in [1.82, 2.24) is 0 Å². The second kappa shape index (κ2) is 5.46. The zero-order valence-corrected chi connectivity index (χ0v) is 9.63. The third-order valence-electron chi connectivity index (χ3n) is 2.24. The van der Waals surface area contributed by atoms with Gasteiger partial charge in [0.05, 0.1) is 4.92 Å². The topological polar surface area (TPSA) is 118 Å². The molecule has 8 heteroatoms. The van der Waals surface area contributed by atoms with Gasteiger partial charge in [-0.2, -0.15) is 0 Å². The number of halogens is 1. The van der Waals surface area contributed by atoms with Gasteiger partial charge in [-0.3, -0.25) is 19.7 Å². The monoisotopic (exact) mass is 273 g/mol. The van der Waals surface area contributed by atoms with Crippen LogP contribution in [0.2, 0.25) is 5.02 Å². The average Bonchev–Trinajstić information content (AvgIpc) is 2.26. The third-order valence-corrected chi connectivity index (χ3v) is 2.56. The summed E-state index contributed by atoms with van der Waals surface area (Å²) < 4.78 is 0. The molecule has 1 rings (SSSR count). The first-order valence-corrected chi connectivity index (χ1v) is 5.09. The number of rotatable bonds is 5. The smallest absolute Gasteiger partial charge is 0.318 e. The van der Waals surface area contributed by atoms with Gasteiger partial charge in [0.1, 0.15) is 5.02 Å². The molecule has 0 aliphatic heterocycles. The van der Waals surface area contributed by atoms with Crippen molar-refractivity contribution in [2.45, 2.75) is 6.42 Å². The number of aliphatic carboxylic acids is 2. The molecule has 1 aromatic rings. The van der Waals surface area contributed by atoms with E-state index in [4.69, 9.17) is 21.8 Å². The van der Waals surface area contributed by atoms with Gasteiger partial charge in [0.2, 0.25) is 0 Å². The van der Waals surface area contributed by atoms with Crippen molar-refractivity contribution >= 4 is 29.2 Å². The van der Waals surface area contributed by atoms with Crippen LogP contribution in [0.15, 0.2) is 18.2 Å². The van der Waals surface area contributed by atoms with Gasteiger partial charge in [0, 0.05) is 6.07 Å². The number of nitro groups is 1. The van der Waals surface area contributed by atoms with Crippen molar-refractivity contribution in [3.63, 3.8) is 0 Å². The number of benzene rings is 1. The standard InChI is InChI=1S/C10H8ClNO6/c11-7-2-1-5(4-8(7)12(17)18)3-6(9(13)14)10(15)16/h1-2,4,6H,3H2,(H,13,14)(H,15,16). The van der Waals surface area contributed by atoms with E-state index >= 15 is 0 Å². The number of hydrogen-bond donors (Lipinski definition) is 2. The summed E-state index contributed by atoms with van der Waals surface area (Å²) >= 11 is 5.58. The van der Waals surface area contributed by atoms with Crippen LogP contribution in [0.1, 0.15) is 5.56 Å². The summed E-state index contributed by atoms with van der Waals surface area (Å²) in [6, 6.07) is 3.66. The fraction of sp³-hybridized carbons (Fsp3) is 0.200. The first-order valence-electron chi connectivity index (χ1n) is 4.71. The first kappa shape index (κ1) is 13.9. The van der Waals surface area contributed by atoms with Crippen LogP contribution in [0.5, 0.6) is 0 Å². The SMILES string of the molecule is O=C(O)C(Cc1ccc(Cl)c([N+](=O)[O-])c1)C(=O)O. The molecule has 7 nitrogen and oxygen atoms in total. The van der Waals surface area contributed by atoms with Gasteiger partial charge < -0.3 is 10.2 Å². The minimum atomic E-state index is -1.65. The van der Waals surface area contributed by atoms with Crippen LogP contribution in [0.25, 0.3) is 0 Å². The molecule has 0 heterocycles. The molecule has 0 bridgehead atoms. The Bertz CT molecular complexity index is 501. The predicted molar refractivity (Wildman–Crippen MR) is 60.6 cm³/mol. The van der Waals surface area contributed by atoms with Crippen molar-refractivity contribution in [3.05, 3.63) is 38.9 Å². The third kappa shape index (κ3) is 3.17. The lowest BCUT2D eigenvalue weighted by atomic mass is 9.99. The van der Waals surface area contributed by atoms with E-state index in [1.165, 1.54) is 12.1 Å². The molecule has 1 aromatic carbocycles. The first-order chi connectivity index (χ1) is 8.32. The van der Waals surface area contributed by atoms with Crippen LogP contribution in [0.4, 0.5) is 5.69 Å². The normalized spacial score (nSPS) is 10.3. The van der Waals surface area contributed by atoms with E-state index in [0.29, 0.717) is 0 Å². The maximum Gasteiger partial charge on any atom is 0.318 e. The fourth-order valence-corrected chi connectivity index (χ4v) is 1.53. The summed E-state index contributed by atoms with van der Waals surface area (Å²) in [5, 5.41) is 27.9. The highest BCUT2D eigenvalue weighted by Crippen LogP contribution is 2.26. The lowest BCUT2D eigenvalue weighted by Gasteiger charge is -2.07. The van der Waals surface area contributed by atoms with Crippen molar-refractivity contribution in [2.75, 3.05) is 0 Å². The Hall–Kier alpha value is -2.15. The number of carboxylic acid groups (broad SMARTS) is 2. The molecule has 18 heavy (non-hydrogen) atoms. The van der Waals surface area contributed by atoms with Crippen molar-refractivity contribution in [1.29, 1.82) is 0 Å². The number of nitrogens with zero attached hydrogens (tertiary/aromatic N) is 1. The summed E-state index contributed by atoms with van der Waals surface area (Å²) in [7, 11) is 0. The fourth-order valence-electron chi connectivity index (χ4n) is 1.34. The van der Waals surface area contributed by atoms with Crippen molar-refractivity contribution in [3.8, 4) is 0 Å². The highest BCUT2D eigenvalue weighted by Gasteiger charge is 2.26. The lowest BCUT2D eigenvalue weighted by molar-refractivity contribution is -0.384. The van der Waals surface area contributed by atoms with Crippen LogP contribution in [-0.4, -0.2) is 27.1 Å². The summed E-state index contributed by atoms with van der Waals surface area (Å²) in [6.45, 7) is 0. The molecular weight excluding hydrogens is 266 g/mol. The van der Waals surface area contributed by atoms with Gasteiger partial charge in [-0.15, -0.1) is 0 Å². The van der Waals surface area contributed by atoms with E-state index < -0.39 is 22.8 Å². The Morgan fingerprint density at radius 2 is 1.89 bits per heavy atom. The molecule has 0 unspecified atom stereocenters. The van der Waals surface area contributed by atoms with Crippen molar-refractivity contribution in [2.24, 2.45) is 5.92 Å². The molecular formula is C10H8ClNO6. The van der Waals surface area contributed by atoms with Gasteiger partial charge in [-0.25, -0.2) is 0 Å². The van der Waals surface area contributed by atoms with Crippen LogP contribution >= 0.6 is 11.6 Å². The predicted octanol–water partition coefficient (Wildman–Crippen LogP) is 1.58. The minimum absolute atomic E-state index is 0.0917. The Kier molecular flexibility index (Phi) is 4.22. The number of nitro benzene ring substituents is 1. The Labute approximate surface area is 106 Å². The molecule has 0 atom stereocenters. The summed E-state index contributed by atoms with van der Waals surface area (Å²) in [4.78, 5) is 31.3. The number of hydrogen-bond acceptors (Lipinski definition) is 4. The van der Waals surface area contributed by atoms with E-state index in [1.54, 1.807) is 0 Å². The van der Waals surface area contributed by atoms with Crippen LogP contribution in [0, 0.1) is 16.0 Å². The van der Waals surface area contributed by atoms with Crippen molar-refractivity contribution < 1.29 is 24.7 Å². The highest BCUT2D eigenvalue weighted by atomic mass is 35.5. The van der Waals surface area contributed by atoms with E-state index in [0.717, 1.165) is 6.07 Å². The molecule has 0 fully saturated rings. The Balaban J connectivity index is 3.04. The largest absolute Gasteiger partial charge is 0.481 e. The van der Waals surface area contributed by atoms with Crippen LogP contribution in [-0.2, 0) is 16.0 Å². The molecule has 0 saturated carbocycles. The molecule has 0 radical (unpaired) electrons. The molecule has 0 saturated heterocycles. The average molecular weight is 274 g/mol. The minimum Gasteiger partial charge on any atom is -0.481 e. The van der Waals surface area contributed by atoms with E-state index in [2.05, 4.69) is 0 Å². The molecule has 0 spiro atoms. The summed E-state index contributed by atoms with van der Waals surface area (Å²) in [5.41, 5.74) is -0.162. The molecule has 0 aromatic heterocycles. The van der Waals surface area contributed by atoms with E-state index in [9.17, 15) is 19.7 Å². The Morgan fingerprint density at radius 1 is 1.33 bits per heavy atom. The van der Waals surface area contributed by atoms with Gasteiger partial charge in [-0.05, 0) is 18.1 Å². The highest BCUT2D eigenvalue weighted by molar-refractivity contribution is 6.32. The molecule has 0 amide bonds. The molecule has 0 aliphatic carbocycles. The summed E-state index contributed by atoms with van der Waals surface area (Å²) in [5.74, 6) is -4.65.